The molecule has 0 radical (unpaired) electrons. The third-order valence-corrected chi connectivity index (χ3v) is 5.91. The molecule has 29 heavy (non-hydrogen) atoms. The molecule has 2 heterocycles. The smallest absolute Gasteiger partial charge is 0.251 e. The van der Waals surface area contributed by atoms with Crippen LogP contribution in [-0.2, 0) is 12.5 Å². The SMILES string of the molecule is Cn1ncc(Cl)c1[C@]1(c2cccc(F)c2)CCNC[C@H]1NC(=O)c1ccccc1. The van der Waals surface area contributed by atoms with E-state index in [1.807, 2.05) is 31.3 Å². The highest BCUT2D eigenvalue weighted by Gasteiger charge is 2.48. The second-order valence-electron chi connectivity index (χ2n) is 7.29. The molecule has 1 aromatic heterocycles. The van der Waals surface area contributed by atoms with Gasteiger partial charge in [-0.05, 0) is 42.8 Å². The number of carbonyl (C=O) groups is 1. The molecule has 1 aliphatic rings. The second kappa shape index (κ2) is 7.97. The largest absolute Gasteiger partial charge is 0.347 e. The molecule has 5 nitrogen and oxygen atoms in total. The van der Waals surface area contributed by atoms with Crippen molar-refractivity contribution in [2.24, 2.45) is 7.05 Å². The van der Waals surface area contributed by atoms with Crippen LogP contribution in [0.4, 0.5) is 4.39 Å². The number of amides is 1. The Balaban J connectivity index is 1.84. The highest BCUT2D eigenvalue weighted by molar-refractivity contribution is 6.31. The van der Waals surface area contributed by atoms with E-state index in [4.69, 9.17) is 11.6 Å². The molecule has 0 unspecified atom stereocenters. The first kappa shape index (κ1) is 19.6. The molecule has 1 saturated heterocycles. The molecule has 0 spiro atoms. The molecule has 4 rings (SSSR count). The van der Waals surface area contributed by atoms with Gasteiger partial charge in [-0.25, -0.2) is 4.39 Å². The molecule has 1 amide bonds. The van der Waals surface area contributed by atoms with E-state index in [1.54, 1.807) is 29.1 Å². The molecule has 1 aliphatic heterocycles. The van der Waals surface area contributed by atoms with Crippen LogP contribution in [0.25, 0.3) is 0 Å². The number of hydrogen-bond donors (Lipinski definition) is 2. The summed E-state index contributed by atoms with van der Waals surface area (Å²) in [4.78, 5) is 13.0. The Bertz CT molecular complexity index is 1000. The Hall–Kier alpha value is -2.70. The molecular weight excluding hydrogens is 391 g/mol. The van der Waals surface area contributed by atoms with E-state index in [1.165, 1.54) is 12.1 Å². The summed E-state index contributed by atoms with van der Waals surface area (Å²) in [6, 6.07) is 15.2. The number of halogens is 2. The van der Waals surface area contributed by atoms with Crippen molar-refractivity contribution in [2.45, 2.75) is 17.9 Å². The van der Waals surface area contributed by atoms with Crippen LogP contribution in [0, 0.1) is 5.82 Å². The fourth-order valence-electron chi connectivity index (χ4n) is 4.33. The van der Waals surface area contributed by atoms with Gasteiger partial charge in [0.1, 0.15) is 5.82 Å². The summed E-state index contributed by atoms with van der Waals surface area (Å²) in [5, 5.41) is 11.3. The van der Waals surface area contributed by atoms with Gasteiger partial charge in [0.25, 0.3) is 5.91 Å². The van der Waals surface area contributed by atoms with Gasteiger partial charge in [0.05, 0.1) is 28.4 Å². The van der Waals surface area contributed by atoms with Crippen molar-refractivity contribution >= 4 is 17.5 Å². The average Bonchev–Trinajstić information content (AvgIpc) is 3.08. The summed E-state index contributed by atoms with van der Waals surface area (Å²) in [7, 11) is 1.82. The lowest BCUT2D eigenvalue weighted by molar-refractivity contribution is 0.0906. The van der Waals surface area contributed by atoms with Crippen LogP contribution in [0.2, 0.25) is 5.02 Å². The maximum absolute atomic E-state index is 14.2. The topological polar surface area (TPSA) is 59.0 Å². The van der Waals surface area contributed by atoms with Crippen LogP contribution < -0.4 is 10.6 Å². The Morgan fingerprint density at radius 1 is 1.28 bits per heavy atom. The summed E-state index contributed by atoms with van der Waals surface area (Å²) >= 11 is 6.57. The van der Waals surface area contributed by atoms with Gasteiger partial charge in [-0.15, -0.1) is 0 Å². The number of carbonyl (C=O) groups excluding carboxylic acids is 1. The first-order valence-electron chi connectivity index (χ1n) is 9.53. The van der Waals surface area contributed by atoms with Crippen molar-refractivity contribution in [3.8, 4) is 0 Å². The Kier molecular flexibility index (Phi) is 5.39. The predicted octanol–water partition coefficient (Wildman–Crippen LogP) is 3.29. The van der Waals surface area contributed by atoms with Crippen molar-refractivity contribution in [1.29, 1.82) is 0 Å². The predicted molar refractivity (Wildman–Crippen MR) is 111 cm³/mol. The van der Waals surface area contributed by atoms with Gasteiger partial charge in [0.15, 0.2) is 0 Å². The first-order valence-corrected chi connectivity index (χ1v) is 9.91. The van der Waals surface area contributed by atoms with Gasteiger partial charge >= 0.3 is 0 Å². The average molecular weight is 413 g/mol. The number of nitrogens with one attached hydrogen (secondary N) is 2. The van der Waals surface area contributed by atoms with Gasteiger partial charge in [-0.3, -0.25) is 9.48 Å². The number of benzene rings is 2. The number of aryl methyl sites for hydroxylation is 1. The van der Waals surface area contributed by atoms with E-state index in [9.17, 15) is 9.18 Å². The number of nitrogens with zero attached hydrogens (tertiary/aromatic N) is 2. The number of aromatic nitrogens is 2. The number of hydrogen-bond acceptors (Lipinski definition) is 3. The van der Waals surface area contributed by atoms with Gasteiger partial charge in [0, 0.05) is 19.2 Å². The Morgan fingerprint density at radius 2 is 2.07 bits per heavy atom. The van der Waals surface area contributed by atoms with Crippen LogP contribution in [0.5, 0.6) is 0 Å². The van der Waals surface area contributed by atoms with Gasteiger partial charge in [0.2, 0.25) is 0 Å². The van der Waals surface area contributed by atoms with Crippen LogP contribution >= 0.6 is 11.6 Å². The second-order valence-corrected chi connectivity index (χ2v) is 7.70. The number of piperidine rings is 1. The molecule has 7 heteroatoms. The van der Waals surface area contributed by atoms with Gasteiger partial charge in [-0.1, -0.05) is 41.9 Å². The van der Waals surface area contributed by atoms with E-state index < -0.39 is 5.41 Å². The fraction of sp³-hybridized carbons (Fsp3) is 0.273. The quantitative estimate of drug-likeness (QED) is 0.691. The van der Waals surface area contributed by atoms with Crippen LogP contribution in [0.1, 0.15) is 28.0 Å². The fourth-order valence-corrected chi connectivity index (χ4v) is 4.66. The molecule has 0 saturated carbocycles. The minimum atomic E-state index is -0.722. The summed E-state index contributed by atoms with van der Waals surface area (Å²) in [6.07, 6.45) is 2.23. The van der Waals surface area contributed by atoms with Gasteiger partial charge in [-0.2, -0.15) is 5.10 Å². The molecule has 2 atom stereocenters. The van der Waals surface area contributed by atoms with Crippen molar-refractivity contribution in [2.75, 3.05) is 13.1 Å². The molecule has 0 bridgehead atoms. The summed E-state index contributed by atoms with van der Waals surface area (Å²) in [6.45, 7) is 1.23. The summed E-state index contributed by atoms with van der Waals surface area (Å²) in [5.41, 5.74) is 1.38. The monoisotopic (exact) mass is 412 g/mol. The van der Waals surface area contributed by atoms with Crippen molar-refractivity contribution < 1.29 is 9.18 Å². The van der Waals surface area contributed by atoms with E-state index in [0.29, 0.717) is 30.1 Å². The summed E-state index contributed by atoms with van der Waals surface area (Å²) in [5.74, 6) is -0.509. The highest BCUT2D eigenvalue weighted by Crippen LogP contribution is 2.43. The molecule has 2 N–H and O–H groups in total. The lowest BCUT2D eigenvalue weighted by Crippen LogP contribution is -2.60. The maximum Gasteiger partial charge on any atom is 0.251 e. The molecule has 2 aromatic carbocycles. The number of rotatable bonds is 4. The summed E-state index contributed by atoms with van der Waals surface area (Å²) < 4.78 is 16.0. The zero-order chi connectivity index (χ0) is 20.4. The lowest BCUT2D eigenvalue weighted by Gasteiger charge is -2.45. The van der Waals surface area contributed by atoms with Crippen molar-refractivity contribution in [3.63, 3.8) is 0 Å². The minimum Gasteiger partial charge on any atom is -0.347 e. The Labute approximate surface area is 173 Å². The lowest BCUT2D eigenvalue weighted by atomic mass is 9.67. The zero-order valence-electron chi connectivity index (χ0n) is 16.0. The van der Waals surface area contributed by atoms with Crippen molar-refractivity contribution in [1.82, 2.24) is 20.4 Å². The van der Waals surface area contributed by atoms with Crippen molar-refractivity contribution in [3.05, 3.63) is 88.5 Å². The third kappa shape index (κ3) is 3.54. The third-order valence-electron chi connectivity index (χ3n) is 5.64. The van der Waals surface area contributed by atoms with Crippen LogP contribution in [0.15, 0.2) is 60.8 Å². The zero-order valence-corrected chi connectivity index (χ0v) is 16.8. The molecule has 150 valence electrons. The standard InChI is InChI=1S/C22H22ClFN4O/c1-28-20(18(23)13-26-28)22(16-8-5-9-17(24)12-16)10-11-25-14-19(22)27-21(29)15-6-3-2-4-7-15/h2-9,12-13,19,25H,10-11,14H2,1H3,(H,27,29)/t19-,22+/m1/s1. The van der Waals surface area contributed by atoms with E-state index >= 15 is 0 Å². The van der Waals surface area contributed by atoms with E-state index in [0.717, 1.165) is 11.3 Å². The van der Waals surface area contributed by atoms with Crippen LogP contribution in [-0.4, -0.2) is 34.8 Å². The highest BCUT2D eigenvalue weighted by atomic mass is 35.5. The van der Waals surface area contributed by atoms with E-state index in [2.05, 4.69) is 15.7 Å². The van der Waals surface area contributed by atoms with E-state index in [-0.39, 0.29) is 17.8 Å². The first-order chi connectivity index (χ1) is 14.0. The maximum atomic E-state index is 14.2. The van der Waals surface area contributed by atoms with Crippen LogP contribution in [0.3, 0.4) is 0 Å². The molecule has 1 fully saturated rings. The van der Waals surface area contributed by atoms with Gasteiger partial charge < -0.3 is 10.6 Å². The molecule has 3 aromatic rings. The molecule has 0 aliphatic carbocycles. The minimum absolute atomic E-state index is 0.182. The Morgan fingerprint density at radius 3 is 2.76 bits per heavy atom. The molecular formula is C22H22ClFN4O. The normalized spacial score (nSPS) is 21.7.